The van der Waals surface area contributed by atoms with E-state index in [1.54, 1.807) is 0 Å². The fourth-order valence-corrected chi connectivity index (χ4v) is 1.84. The highest BCUT2D eigenvalue weighted by atomic mass is 16.6. The summed E-state index contributed by atoms with van der Waals surface area (Å²) in [5, 5.41) is 22.7. The number of nitro groups is 1. The zero-order valence-electron chi connectivity index (χ0n) is 11.0. The molecule has 0 saturated heterocycles. The predicted molar refractivity (Wildman–Crippen MR) is 76.5 cm³/mol. The number of pyridine rings is 1. The number of carboxylic acid groups (broad SMARTS) is 1. The topological polar surface area (TPSA) is 105 Å². The van der Waals surface area contributed by atoms with Gasteiger partial charge in [-0.2, -0.15) is 0 Å². The van der Waals surface area contributed by atoms with Crippen LogP contribution in [0, 0.1) is 10.1 Å². The predicted octanol–water partition coefficient (Wildman–Crippen LogP) is 2.34. The Kier molecular flexibility index (Phi) is 4.45. The second kappa shape index (κ2) is 6.47. The Bertz CT molecular complexity index is 659. The highest BCUT2D eigenvalue weighted by Gasteiger charge is 2.20. The molecule has 2 N–H and O–H groups in total. The van der Waals surface area contributed by atoms with Crippen LogP contribution in [0.25, 0.3) is 0 Å². The van der Waals surface area contributed by atoms with Gasteiger partial charge < -0.3 is 10.4 Å². The highest BCUT2D eigenvalue weighted by molar-refractivity contribution is 5.93. The molecule has 1 aromatic heterocycles. The van der Waals surface area contributed by atoms with E-state index < -0.39 is 16.6 Å². The molecule has 0 radical (unpaired) electrons. The summed E-state index contributed by atoms with van der Waals surface area (Å²) in [7, 11) is 0. The molecule has 108 valence electrons. The minimum Gasteiger partial charge on any atom is -0.477 e. The summed E-state index contributed by atoms with van der Waals surface area (Å²) in [4.78, 5) is 24.8. The minimum atomic E-state index is -1.35. The zero-order chi connectivity index (χ0) is 15.2. The van der Waals surface area contributed by atoms with E-state index in [9.17, 15) is 14.9 Å². The normalized spacial score (nSPS) is 10.1. The molecule has 1 aromatic carbocycles. The second-order valence-electron chi connectivity index (χ2n) is 4.31. The van der Waals surface area contributed by atoms with Gasteiger partial charge in [0.2, 0.25) is 0 Å². The van der Waals surface area contributed by atoms with E-state index in [2.05, 4.69) is 10.3 Å². The number of hydrogen-bond acceptors (Lipinski definition) is 5. The van der Waals surface area contributed by atoms with Gasteiger partial charge >= 0.3 is 11.7 Å². The first-order valence-electron chi connectivity index (χ1n) is 6.23. The van der Waals surface area contributed by atoms with Crippen LogP contribution < -0.4 is 5.32 Å². The van der Waals surface area contributed by atoms with Crippen molar-refractivity contribution in [1.82, 2.24) is 4.98 Å². The Balaban J connectivity index is 2.05. The molecule has 0 fully saturated rings. The first-order valence-corrected chi connectivity index (χ1v) is 6.23. The molecule has 0 atom stereocenters. The van der Waals surface area contributed by atoms with Crippen molar-refractivity contribution in [2.24, 2.45) is 0 Å². The molecule has 0 aliphatic rings. The van der Waals surface area contributed by atoms with Gasteiger partial charge in [0.05, 0.1) is 4.92 Å². The van der Waals surface area contributed by atoms with Gasteiger partial charge in [0.1, 0.15) is 17.6 Å². The smallest absolute Gasteiger partial charge is 0.342 e. The summed E-state index contributed by atoms with van der Waals surface area (Å²) in [5.74, 6) is -1.05. The number of anilines is 1. The van der Waals surface area contributed by atoms with Crippen LogP contribution in [0.2, 0.25) is 0 Å². The summed E-state index contributed by atoms with van der Waals surface area (Å²) >= 11 is 0. The van der Waals surface area contributed by atoms with Gasteiger partial charge in [-0.25, -0.2) is 9.78 Å². The molecular formula is C14H13N3O4. The Morgan fingerprint density at radius 2 is 2.05 bits per heavy atom. The van der Waals surface area contributed by atoms with Gasteiger partial charge in [0, 0.05) is 12.6 Å². The fourth-order valence-electron chi connectivity index (χ4n) is 1.84. The number of nitrogens with zero attached hydrogens (tertiary/aromatic N) is 2. The van der Waals surface area contributed by atoms with E-state index in [-0.39, 0.29) is 5.56 Å². The van der Waals surface area contributed by atoms with Crippen LogP contribution >= 0.6 is 0 Å². The lowest BCUT2D eigenvalue weighted by molar-refractivity contribution is -0.385. The molecule has 2 aromatic rings. The Hall–Kier alpha value is -2.96. The Morgan fingerprint density at radius 3 is 2.67 bits per heavy atom. The van der Waals surface area contributed by atoms with Crippen LogP contribution in [0.5, 0.6) is 0 Å². The highest BCUT2D eigenvalue weighted by Crippen LogP contribution is 2.20. The molecule has 0 aliphatic heterocycles. The van der Waals surface area contributed by atoms with Crippen LogP contribution in [0.4, 0.5) is 11.5 Å². The van der Waals surface area contributed by atoms with Crippen LogP contribution in [-0.4, -0.2) is 27.5 Å². The molecule has 1 heterocycles. The number of carbonyl (C=O) groups is 1. The van der Waals surface area contributed by atoms with Gasteiger partial charge in [-0.15, -0.1) is 0 Å². The molecule has 0 aliphatic carbocycles. The van der Waals surface area contributed by atoms with Gasteiger partial charge in [0.15, 0.2) is 0 Å². The molecule has 0 saturated carbocycles. The number of hydrogen-bond donors (Lipinski definition) is 2. The van der Waals surface area contributed by atoms with E-state index >= 15 is 0 Å². The first-order chi connectivity index (χ1) is 10.1. The van der Waals surface area contributed by atoms with Gasteiger partial charge in [-0.05, 0) is 12.0 Å². The summed E-state index contributed by atoms with van der Waals surface area (Å²) in [6, 6.07) is 10.9. The van der Waals surface area contributed by atoms with Crippen molar-refractivity contribution in [1.29, 1.82) is 0 Å². The number of carboxylic acids is 1. The number of aromatic carboxylic acids is 1. The van der Waals surface area contributed by atoms with Crippen LogP contribution in [-0.2, 0) is 6.42 Å². The lowest BCUT2D eigenvalue weighted by atomic mass is 10.1. The Labute approximate surface area is 120 Å². The van der Waals surface area contributed by atoms with E-state index in [4.69, 9.17) is 5.11 Å². The molecule has 0 amide bonds. The van der Waals surface area contributed by atoms with Crippen molar-refractivity contribution in [2.75, 3.05) is 11.9 Å². The summed E-state index contributed by atoms with van der Waals surface area (Å²) < 4.78 is 0. The second-order valence-corrected chi connectivity index (χ2v) is 4.31. The summed E-state index contributed by atoms with van der Waals surface area (Å²) in [6.07, 6.45) is 1.69. The third-order valence-corrected chi connectivity index (χ3v) is 2.87. The minimum absolute atomic E-state index is 0.300. The third-order valence-electron chi connectivity index (χ3n) is 2.87. The molecule has 7 heteroatoms. The van der Waals surface area contributed by atoms with E-state index in [0.717, 1.165) is 18.2 Å². The van der Waals surface area contributed by atoms with Crippen LogP contribution in [0.15, 0.2) is 42.6 Å². The van der Waals surface area contributed by atoms with Crippen molar-refractivity contribution in [3.05, 3.63) is 63.8 Å². The fraction of sp³-hybridized carbons (Fsp3) is 0.143. The molecule has 2 rings (SSSR count). The molecule has 0 bridgehead atoms. The molecule has 0 spiro atoms. The summed E-state index contributed by atoms with van der Waals surface area (Å²) in [6.45, 7) is 0.549. The first kappa shape index (κ1) is 14.4. The monoisotopic (exact) mass is 287 g/mol. The number of aromatic nitrogens is 1. The van der Waals surface area contributed by atoms with Crippen molar-refractivity contribution < 1.29 is 14.8 Å². The molecular weight excluding hydrogens is 274 g/mol. The van der Waals surface area contributed by atoms with E-state index in [0.29, 0.717) is 12.4 Å². The maximum atomic E-state index is 11.0. The third kappa shape index (κ3) is 3.75. The lowest BCUT2D eigenvalue weighted by Crippen LogP contribution is -2.09. The van der Waals surface area contributed by atoms with E-state index in [1.807, 2.05) is 30.3 Å². The average Bonchev–Trinajstić information content (AvgIpc) is 2.48. The van der Waals surface area contributed by atoms with Crippen molar-refractivity contribution in [2.45, 2.75) is 6.42 Å². The zero-order valence-corrected chi connectivity index (χ0v) is 11.0. The van der Waals surface area contributed by atoms with Crippen LogP contribution in [0.3, 0.4) is 0 Å². The van der Waals surface area contributed by atoms with Gasteiger partial charge in [-0.1, -0.05) is 30.3 Å². The SMILES string of the molecule is O=C(O)c1cc(NCCc2ccccc2)ncc1[N+](=O)[O-]. The van der Waals surface area contributed by atoms with Gasteiger partial charge in [-0.3, -0.25) is 10.1 Å². The maximum Gasteiger partial charge on any atom is 0.342 e. The van der Waals surface area contributed by atoms with Gasteiger partial charge in [0.25, 0.3) is 0 Å². The van der Waals surface area contributed by atoms with Crippen LogP contribution in [0.1, 0.15) is 15.9 Å². The standard InChI is InChI=1S/C14H13N3O4/c18-14(19)11-8-13(16-9-12(11)17(20)21)15-7-6-10-4-2-1-3-5-10/h1-5,8-9H,6-7H2,(H,15,16)(H,18,19). The number of nitrogens with one attached hydrogen (secondary N) is 1. The van der Waals surface area contributed by atoms with E-state index in [1.165, 1.54) is 6.07 Å². The quantitative estimate of drug-likeness (QED) is 0.624. The maximum absolute atomic E-state index is 11.0. The molecule has 21 heavy (non-hydrogen) atoms. The number of rotatable bonds is 6. The Morgan fingerprint density at radius 1 is 1.33 bits per heavy atom. The summed E-state index contributed by atoms with van der Waals surface area (Å²) in [5.41, 5.74) is 0.235. The molecule has 7 nitrogen and oxygen atoms in total. The molecule has 0 unspecified atom stereocenters. The van der Waals surface area contributed by atoms with Crippen molar-refractivity contribution in [3.63, 3.8) is 0 Å². The number of benzene rings is 1. The lowest BCUT2D eigenvalue weighted by Gasteiger charge is -2.06. The van der Waals surface area contributed by atoms with Crippen molar-refractivity contribution >= 4 is 17.5 Å². The largest absolute Gasteiger partial charge is 0.477 e. The van der Waals surface area contributed by atoms with Crippen molar-refractivity contribution in [3.8, 4) is 0 Å². The average molecular weight is 287 g/mol.